The highest BCUT2D eigenvalue weighted by atomic mass is 35.5. The molecule has 78 valence electrons. The fourth-order valence-electron chi connectivity index (χ4n) is 1.84. The maximum Gasteiger partial charge on any atom is 0.0595 e. The first-order chi connectivity index (χ1) is 6.56. The van der Waals surface area contributed by atoms with E-state index in [0.29, 0.717) is 21.9 Å². The van der Waals surface area contributed by atoms with Crippen LogP contribution in [0.5, 0.6) is 0 Å². The van der Waals surface area contributed by atoms with E-state index in [4.69, 9.17) is 23.2 Å². The van der Waals surface area contributed by atoms with Crippen LogP contribution in [0.4, 0.5) is 0 Å². The maximum atomic E-state index is 5.99. The van der Waals surface area contributed by atoms with Gasteiger partial charge in [0.25, 0.3) is 0 Å². The molecular weight excluding hydrogens is 215 g/mol. The minimum Gasteiger partial charge on any atom is -0.0827 e. The summed E-state index contributed by atoms with van der Waals surface area (Å²) in [4.78, 5) is 0. The van der Waals surface area contributed by atoms with E-state index >= 15 is 0 Å². The average molecular weight is 231 g/mol. The molecule has 1 rings (SSSR count). The quantitative estimate of drug-likeness (QED) is 0.675. The molecule has 0 saturated heterocycles. The van der Waals surface area contributed by atoms with E-state index in [9.17, 15) is 0 Å². The zero-order chi connectivity index (χ0) is 10.7. The van der Waals surface area contributed by atoms with Crippen molar-refractivity contribution >= 4 is 23.2 Å². The Bertz CT molecular complexity index is 305. The fraction of sp³-hybridized carbons (Fsp3) is 0.500. The molecule has 0 aliphatic rings. The van der Waals surface area contributed by atoms with Crippen LogP contribution in [0.2, 0.25) is 10.0 Å². The summed E-state index contributed by atoms with van der Waals surface area (Å²) < 4.78 is 0. The van der Waals surface area contributed by atoms with Crippen LogP contribution in [-0.2, 0) is 0 Å². The Morgan fingerprint density at radius 3 is 2.21 bits per heavy atom. The van der Waals surface area contributed by atoms with Crippen LogP contribution in [0.1, 0.15) is 38.7 Å². The monoisotopic (exact) mass is 230 g/mol. The molecule has 0 aliphatic carbocycles. The predicted octanol–water partition coefficient (Wildman–Crippen LogP) is 5.14. The lowest BCUT2D eigenvalue weighted by Gasteiger charge is -2.19. The molecule has 0 unspecified atom stereocenters. The molecule has 0 spiro atoms. The zero-order valence-electron chi connectivity index (χ0n) is 8.85. The van der Waals surface area contributed by atoms with E-state index in [1.165, 1.54) is 5.56 Å². The predicted molar refractivity (Wildman–Crippen MR) is 64.3 cm³/mol. The number of hydrogen-bond donors (Lipinski definition) is 0. The maximum absolute atomic E-state index is 5.99. The number of benzene rings is 1. The van der Waals surface area contributed by atoms with Crippen molar-refractivity contribution in [3.05, 3.63) is 33.8 Å². The Hall–Kier alpha value is -0.200. The molecule has 0 aromatic heterocycles. The molecule has 0 aliphatic heterocycles. The van der Waals surface area contributed by atoms with Crippen LogP contribution in [-0.4, -0.2) is 0 Å². The summed E-state index contributed by atoms with van der Waals surface area (Å²) >= 11 is 11.9. The van der Waals surface area contributed by atoms with Crippen LogP contribution in [0.25, 0.3) is 0 Å². The normalized spacial score (nSPS) is 13.3. The van der Waals surface area contributed by atoms with Crippen molar-refractivity contribution in [2.75, 3.05) is 0 Å². The molecule has 1 atom stereocenters. The largest absolute Gasteiger partial charge is 0.0827 e. The van der Waals surface area contributed by atoms with Gasteiger partial charge in [-0.15, -0.1) is 0 Å². The first kappa shape index (κ1) is 11.9. The van der Waals surface area contributed by atoms with Crippen molar-refractivity contribution in [2.45, 2.75) is 33.1 Å². The third kappa shape index (κ3) is 2.65. The van der Waals surface area contributed by atoms with E-state index < -0.39 is 0 Å². The molecular formula is C12H16Cl2. The van der Waals surface area contributed by atoms with Crippen LogP contribution >= 0.6 is 23.2 Å². The van der Waals surface area contributed by atoms with Gasteiger partial charge in [0.15, 0.2) is 0 Å². The van der Waals surface area contributed by atoms with Crippen molar-refractivity contribution < 1.29 is 0 Å². The van der Waals surface area contributed by atoms with Crippen LogP contribution < -0.4 is 0 Å². The highest BCUT2D eigenvalue weighted by Gasteiger charge is 2.14. The molecule has 0 bridgehead atoms. The summed E-state index contributed by atoms with van der Waals surface area (Å²) in [5.41, 5.74) is 1.29. The molecule has 0 nitrogen and oxygen atoms in total. The van der Waals surface area contributed by atoms with Gasteiger partial charge in [-0.3, -0.25) is 0 Å². The van der Waals surface area contributed by atoms with Crippen LogP contribution in [0.3, 0.4) is 0 Å². The van der Waals surface area contributed by atoms with Crippen molar-refractivity contribution in [3.63, 3.8) is 0 Å². The van der Waals surface area contributed by atoms with E-state index in [1.807, 2.05) is 12.1 Å². The van der Waals surface area contributed by atoms with Gasteiger partial charge in [-0.1, -0.05) is 50.0 Å². The summed E-state index contributed by atoms with van der Waals surface area (Å²) in [6.45, 7) is 6.67. The van der Waals surface area contributed by atoms with Gasteiger partial charge in [-0.25, -0.2) is 0 Å². The second-order valence-electron chi connectivity index (χ2n) is 3.93. The van der Waals surface area contributed by atoms with Gasteiger partial charge >= 0.3 is 0 Å². The molecule has 0 heterocycles. The third-order valence-electron chi connectivity index (χ3n) is 2.62. The van der Waals surface area contributed by atoms with E-state index in [-0.39, 0.29) is 0 Å². The van der Waals surface area contributed by atoms with Crippen molar-refractivity contribution in [3.8, 4) is 0 Å². The summed E-state index contributed by atoms with van der Waals surface area (Å²) in [6, 6.07) is 5.94. The van der Waals surface area contributed by atoms with Gasteiger partial charge < -0.3 is 0 Å². The smallest absolute Gasteiger partial charge is 0.0595 e. The van der Waals surface area contributed by atoms with E-state index in [1.54, 1.807) is 0 Å². The lowest BCUT2D eigenvalue weighted by Crippen LogP contribution is -2.05. The zero-order valence-corrected chi connectivity index (χ0v) is 10.4. The van der Waals surface area contributed by atoms with Crippen molar-refractivity contribution in [1.82, 2.24) is 0 Å². The van der Waals surface area contributed by atoms with Crippen molar-refractivity contribution in [1.29, 1.82) is 0 Å². The topological polar surface area (TPSA) is 0 Å². The minimum absolute atomic E-state index is 0.574. The third-order valence-corrected chi connectivity index (χ3v) is 3.36. The molecule has 2 heteroatoms. The molecule has 0 fully saturated rings. The second-order valence-corrected chi connectivity index (χ2v) is 4.75. The van der Waals surface area contributed by atoms with Gasteiger partial charge in [0, 0.05) is 0 Å². The van der Waals surface area contributed by atoms with Gasteiger partial charge in [-0.2, -0.15) is 0 Å². The Morgan fingerprint density at radius 1 is 1.14 bits per heavy atom. The molecule has 1 aromatic carbocycles. The van der Waals surface area contributed by atoms with Gasteiger partial charge in [0.1, 0.15) is 0 Å². The van der Waals surface area contributed by atoms with Gasteiger partial charge in [0.05, 0.1) is 10.0 Å². The minimum atomic E-state index is 0.574. The van der Waals surface area contributed by atoms with E-state index in [0.717, 1.165) is 6.42 Å². The van der Waals surface area contributed by atoms with Gasteiger partial charge in [-0.05, 0) is 36.0 Å². The highest BCUT2D eigenvalue weighted by molar-refractivity contribution is 6.42. The lowest BCUT2D eigenvalue weighted by molar-refractivity contribution is 0.485. The summed E-state index contributed by atoms with van der Waals surface area (Å²) in [7, 11) is 0. The van der Waals surface area contributed by atoms with Crippen LogP contribution in [0.15, 0.2) is 18.2 Å². The SMILES string of the molecule is CC[C@@H](c1ccc(Cl)c(Cl)c1)C(C)C. The average Bonchev–Trinajstić information content (AvgIpc) is 2.11. The Labute approximate surface area is 96.2 Å². The Kier molecular flexibility index (Phi) is 4.28. The molecule has 14 heavy (non-hydrogen) atoms. The highest BCUT2D eigenvalue weighted by Crippen LogP contribution is 2.31. The Balaban J connectivity index is 3.00. The second kappa shape index (κ2) is 5.04. The summed E-state index contributed by atoms with van der Waals surface area (Å²) in [5.74, 6) is 1.21. The molecule has 0 radical (unpaired) electrons. The molecule has 0 amide bonds. The summed E-state index contributed by atoms with van der Waals surface area (Å²) in [5, 5.41) is 1.29. The Morgan fingerprint density at radius 2 is 1.79 bits per heavy atom. The van der Waals surface area contributed by atoms with E-state index in [2.05, 4.69) is 26.8 Å². The number of rotatable bonds is 3. The summed E-state index contributed by atoms with van der Waals surface area (Å²) in [6.07, 6.45) is 1.13. The molecule has 0 saturated carbocycles. The van der Waals surface area contributed by atoms with Crippen LogP contribution in [0, 0.1) is 5.92 Å². The lowest BCUT2D eigenvalue weighted by atomic mass is 9.86. The first-order valence-electron chi connectivity index (χ1n) is 5.01. The van der Waals surface area contributed by atoms with Crippen molar-refractivity contribution in [2.24, 2.45) is 5.92 Å². The molecule has 0 N–H and O–H groups in total. The number of halogens is 2. The molecule has 1 aromatic rings. The first-order valence-corrected chi connectivity index (χ1v) is 5.76. The van der Waals surface area contributed by atoms with Gasteiger partial charge in [0.2, 0.25) is 0 Å². The fourth-order valence-corrected chi connectivity index (χ4v) is 2.14. The standard InChI is InChI=1S/C12H16Cl2/c1-4-10(8(2)3)9-5-6-11(13)12(14)7-9/h5-8,10H,4H2,1-3H3/t10-/m1/s1. The number of hydrogen-bond acceptors (Lipinski definition) is 0.